The van der Waals surface area contributed by atoms with Gasteiger partial charge in [-0.2, -0.15) is 0 Å². The first-order chi connectivity index (χ1) is 19.3. The number of amides is 2. The summed E-state index contributed by atoms with van der Waals surface area (Å²) in [5.74, 6) is 0. The second-order valence-electron chi connectivity index (χ2n) is 8.64. The largest absolute Gasteiger partial charge is 0.500 e. The lowest BCUT2D eigenvalue weighted by atomic mass is 10.1. The van der Waals surface area contributed by atoms with Gasteiger partial charge in [0.25, 0.3) is 0 Å². The van der Waals surface area contributed by atoms with Crippen molar-refractivity contribution >= 4 is 36.0 Å². The third kappa shape index (κ3) is 18.7. The highest BCUT2D eigenvalue weighted by Crippen LogP contribution is 2.19. The topological polar surface area (TPSA) is 149 Å². The standard InChI is InChI=1S/C17H30N2O3Si.C10H24N2O4Si.ClH/c1-4-17(16-10-6-5-7-11-16)19-13-9-15-23(20-2,21-3)22-14-8-12-18;1-4-14-17(15-5-2,16-6-3)9-7-8-12-10(11)13;/h4-7,10-11,17,19H,1,8-9,12-15,18H2,2-3H3;4-9H2,1-3H3,(H3,11,12,13);1H. The zero-order valence-electron chi connectivity index (χ0n) is 25.7. The number of nitrogens with two attached hydrogens (primary N) is 2. The predicted molar refractivity (Wildman–Crippen MR) is 171 cm³/mol. The van der Waals surface area contributed by atoms with E-state index in [-0.39, 0.29) is 18.4 Å². The summed E-state index contributed by atoms with van der Waals surface area (Å²) in [5, 5.41) is 6.03. The van der Waals surface area contributed by atoms with Gasteiger partial charge in [0.15, 0.2) is 0 Å². The fraction of sp³-hybridized carbons (Fsp3) is 0.667. The van der Waals surface area contributed by atoms with E-state index in [1.165, 1.54) is 5.56 Å². The van der Waals surface area contributed by atoms with Gasteiger partial charge in [-0.15, -0.1) is 19.0 Å². The Bertz CT molecular complexity index is 751. The van der Waals surface area contributed by atoms with E-state index in [4.69, 9.17) is 38.0 Å². The van der Waals surface area contributed by atoms with Crippen LogP contribution in [0.25, 0.3) is 0 Å². The maximum absolute atomic E-state index is 10.5. The van der Waals surface area contributed by atoms with Gasteiger partial charge in [0.2, 0.25) is 0 Å². The fourth-order valence-corrected chi connectivity index (χ4v) is 8.50. The van der Waals surface area contributed by atoms with E-state index in [2.05, 4.69) is 29.3 Å². The number of urea groups is 1. The average molecular weight is 639 g/mol. The monoisotopic (exact) mass is 638 g/mol. The Labute approximate surface area is 256 Å². The van der Waals surface area contributed by atoms with Gasteiger partial charge in [-0.05, 0) is 58.7 Å². The maximum Gasteiger partial charge on any atom is 0.500 e. The third-order valence-corrected chi connectivity index (χ3v) is 11.8. The first-order valence-corrected chi connectivity index (χ1v) is 18.0. The molecule has 0 saturated carbocycles. The minimum Gasteiger partial charge on any atom is -0.377 e. The van der Waals surface area contributed by atoms with E-state index in [0.29, 0.717) is 45.6 Å². The second kappa shape index (κ2) is 26.3. The number of hydrogen-bond acceptors (Lipinski definition) is 9. The second-order valence-corrected chi connectivity index (χ2v) is 14.3. The molecule has 2 amide bonds. The van der Waals surface area contributed by atoms with Crippen LogP contribution in [-0.4, -0.2) is 83.9 Å². The van der Waals surface area contributed by atoms with Gasteiger partial charge in [0, 0.05) is 59.3 Å². The van der Waals surface area contributed by atoms with Crippen LogP contribution < -0.4 is 22.1 Å². The van der Waals surface area contributed by atoms with Crippen LogP contribution in [0.5, 0.6) is 0 Å². The summed E-state index contributed by atoms with van der Waals surface area (Å²) in [6, 6.07) is 11.4. The Morgan fingerprint density at radius 1 is 0.902 bits per heavy atom. The lowest BCUT2D eigenvalue weighted by Gasteiger charge is -2.28. The minimum atomic E-state index is -2.56. The summed E-state index contributed by atoms with van der Waals surface area (Å²) in [5.41, 5.74) is 11.7. The van der Waals surface area contributed by atoms with E-state index in [1.54, 1.807) is 14.2 Å². The molecule has 1 unspecified atom stereocenters. The molecule has 0 heterocycles. The van der Waals surface area contributed by atoms with E-state index in [1.807, 2.05) is 45.0 Å². The molecule has 6 N–H and O–H groups in total. The van der Waals surface area contributed by atoms with Gasteiger partial charge in [-0.25, -0.2) is 4.79 Å². The number of hydrogen-bond donors (Lipinski definition) is 4. The van der Waals surface area contributed by atoms with Gasteiger partial charge in [-0.3, -0.25) is 0 Å². The molecule has 0 radical (unpaired) electrons. The molecular weight excluding hydrogens is 584 g/mol. The molecule has 41 heavy (non-hydrogen) atoms. The average Bonchev–Trinajstić information content (AvgIpc) is 2.96. The summed E-state index contributed by atoms with van der Waals surface area (Å²) >= 11 is 0. The molecular formula is C27H55ClN4O7Si2. The molecule has 1 aromatic carbocycles. The van der Waals surface area contributed by atoms with E-state index in [9.17, 15) is 4.79 Å². The minimum absolute atomic E-state index is 0. The Hall–Kier alpha value is -1.37. The lowest BCUT2D eigenvalue weighted by molar-refractivity contribution is 0.0708. The number of rotatable bonds is 23. The molecule has 1 rings (SSSR count). The number of primary amides is 1. The highest BCUT2D eigenvalue weighted by atomic mass is 35.5. The summed E-state index contributed by atoms with van der Waals surface area (Å²) in [4.78, 5) is 10.5. The van der Waals surface area contributed by atoms with Gasteiger partial charge in [-0.1, -0.05) is 36.4 Å². The molecule has 0 saturated heterocycles. The lowest BCUT2D eigenvalue weighted by Crippen LogP contribution is -2.46. The molecule has 0 aromatic heterocycles. The summed E-state index contributed by atoms with van der Waals surface area (Å²) in [7, 11) is -1.81. The van der Waals surface area contributed by atoms with E-state index < -0.39 is 23.6 Å². The highest BCUT2D eigenvalue weighted by Gasteiger charge is 2.39. The summed E-state index contributed by atoms with van der Waals surface area (Å²) in [6.07, 6.45) is 4.37. The maximum atomic E-state index is 10.5. The van der Waals surface area contributed by atoms with Crippen molar-refractivity contribution in [1.29, 1.82) is 0 Å². The molecule has 0 aliphatic heterocycles. The molecule has 240 valence electrons. The van der Waals surface area contributed by atoms with Crippen molar-refractivity contribution in [2.75, 3.05) is 60.3 Å². The number of nitrogens with one attached hydrogen (secondary N) is 2. The molecule has 0 aliphatic rings. The Kier molecular flexibility index (Phi) is 26.8. The van der Waals surface area contributed by atoms with Crippen LogP contribution in [0.3, 0.4) is 0 Å². The molecule has 11 nitrogen and oxygen atoms in total. The van der Waals surface area contributed by atoms with Crippen molar-refractivity contribution in [3.63, 3.8) is 0 Å². The number of benzene rings is 1. The van der Waals surface area contributed by atoms with Gasteiger partial charge in [0.05, 0.1) is 6.04 Å². The molecule has 1 atom stereocenters. The SMILES string of the molecule is C=CC(NCCC[Si](OC)(OC)OCCCN)c1ccccc1.CCO[Si](CCCNC(N)=O)(OCC)OCC.Cl. The Morgan fingerprint density at radius 3 is 1.90 bits per heavy atom. The van der Waals surface area contributed by atoms with E-state index in [0.717, 1.165) is 31.9 Å². The molecule has 0 bridgehead atoms. The van der Waals surface area contributed by atoms with Crippen molar-refractivity contribution < 1.29 is 31.4 Å². The number of carbonyl (C=O) groups is 1. The van der Waals surface area contributed by atoms with Crippen molar-refractivity contribution in [3.05, 3.63) is 48.6 Å². The highest BCUT2D eigenvalue weighted by molar-refractivity contribution is 6.61. The molecule has 0 fully saturated rings. The number of carbonyl (C=O) groups excluding carboxylic acids is 1. The quantitative estimate of drug-likeness (QED) is 0.0792. The first kappa shape index (κ1) is 41.8. The van der Waals surface area contributed by atoms with Crippen LogP contribution in [0, 0.1) is 0 Å². The van der Waals surface area contributed by atoms with Crippen LogP contribution >= 0.6 is 12.4 Å². The molecule has 0 spiro atoms. The van der Waals surface area contributed by atoms with Gasteiger partial charge >= 0.3 is 23.6 Å². The normalized spacial score (nSPS) is 12.0. The third-order valence-electron chi connectivity index (χ3n) is 5.76. The number of halogens is 1. The van der Waals surface area contributed by atoms with Crippen molar-refractivity contribution in [2.24, 2.45) is 11.5 Å². The summed E-state index contributed by atoms with van der Waals surface area (Å²) < 4.78 is 34.0. The van der Waals surface area contributed by atoms with Crippen LogP contribution in [0.4, 0.5) is 4.79 Å². The zero-order chi connectivity index (χ0) is 30.1. The van der Waals surface area contributed by atoms with Gasteiger partial charge in [0.1, 0.15) is 0 Å². The zero-order valence-corrected chi connectivity index (χ0v) is 28.5. The van der Waals surface area contributed by atoms with Crippen molar-refractivity contribution in [1.82, 2.24) is 10.6 Å². The van der Waals surface area contributed by atoms with Crippen LogP contribution in [-0.2, 0) is 26.6 Å². The molecule has 0 aliphatic carbocycles. The van der Waals surface area contributed by atoms with Gasteiger partial charge < -0.3 is 48.7 Å². The molecule has 1 aromatic rings. The van der Waals surface area contributed by atoms with Crippen LogP contribution in [0.2, 0.25) is 12.1 Å². The Balaban J connectivity index is 0. The van der Waals surface area contributed by atoms with E-state index >= 15 is 0 Å². The fourth-order valence-electron chi connectivity index (χ4n) is 3.87. The van der Waals surface area contributed by atoms with Crippen molar-refractivity contribution in [2.45, 2.75) is 58.2 Å². The van der Waals surface area contributed by atoms with Crippen LogP contribution in [0.15, 0.2) is 43.0 Å². The molecule has 14 heteroatoms. The van der Waals surface area contributed by atoms with Crippen LogP contribution in [0.1, 0.15) is 51.6 Å². The summed E-state index contributed by atoms with van der Waals surface area (Å²) in [6.45, 7) is 13.9. The predicted octanol–water partition coefficient (Wildman–Crippen LogP) is 4.01. The first-order valence-electron chi connectivity index (χ1n) is 14.1. The Morgan fingerprint density at radius 2 is 1.44 bits per heavy atom. The smallest absolute Gasteiger partial charge is 0.377 e. The van der Waals surface area contributed by atoms with Crippen molar-refractivity contribution in [3.8, 4) is 0 Å².